The van der Waals surface area contributed by atoms with Crippen molar-refractivity contribution in [1.82, 2.24) is 9.88 Å². The predicted octanol–water partition coefficient (Wildman–Crippen LogP) is 3.03. The summed E-state index contributed by atoms with van der Waals surface area (Å²) in [5, 5.41) is 3.72. The zero-order chi connectivity index (χ0) is 11.5. The Morgan fingerprint density at radius 3 is 2.81 bits per heavy atom. The van der Waals surface area contributed by atoms with Crippen molar-refractivity contribution in [2.24, 2.45) is 11.8 Å². The normalized spacial score (nSPS) is 29.8. The molecule has 1 heterocycles. The molecule has 1 N–H and O–H groups in total. The van der Waals surface area contributed by atoms with Crippen LogP contribution in [0.15, 0.2) is 18.3 Å². The van der Waals surface area contributed by atoms with Crippen molar-refractivity contribution in [1.29, 1.82) is 0 Å². The summed E-state index contributed by atoms with van der Waals surface area (Å²) < 4.78 is 2.32. The van der Waals surface area contributed by atoms with Crippen LogP contribution in [-0.2, 0) is 13.1 Å². The van der Waals surface area contributed by atoms with Gasteiger partial charge in [0.25, 0.3) is 0 Å². The number of rotatable bonds is 4. The Morgan fingerprint density at radius 1 is 1.38 bits per heavy atom. The maximum Gasteiger partial charge on any atom is 0.0361 e. The average molecular weight is 220 g/mol. The average Bonchev–Trinajstić information content (AvgIpc) is 2.86. The van der Waals surface area contributed by atoms with E-state index in [-0.39, 0.29) is 0 Å². The first-order valence-electron chi connectivity index (χ1n) is 6.59. The van der Waals surface area contributed by atoms with Crippen LogP contribution in [0.2, 0.25) is 0 Å². The van der Waals surface area contributed by atoms with Crippen LogP contribution >= 0.6 is 0 Å². The molecular formula is C14H24N2. The van der Waals surface area contributed by atoms with Crippen molar-refractivity contribution in [3.8, 4) is 0 Å². The van der Waals surface area contributed by atoms with Gasteiger partial charge in [-0.2, -0.15) is 0 Å². The SMILES string of the molecule is CCn1cccc1CNC1CCC(C)C1C. The molecule has 1 aromatic heterocycles. The van der Waals surface area contributed by atoms with Gasteiger partial charge in [-0.3, -0.25) is 0 Å². The van der Waals surface area contributed by atoms with Crippen LogP contribution in [0, 0.1) is 11.8 Å². The summed E-state index contributed by atoms with van der Waals surface area (Å²) >= 11 is 0. The molecular weight excluding hydrogens is 196 g/mol. The number of hydrogen-bond acceptors (Lipinski definition) is 1. The molecule has 3 atom stereocenters. The summed E-state index contributed by atoms with van der Waals surface area (Å²) in [5.41, 5.74) is 1.41. The van der Waals surface area contributed by atoms with E-state index in [1.807, 2.05) is 0 Å². The molecule has 0 spiro atoms. The maximum atomic E-state index is 3.72. The van der Waals surface area contributed by atoms with Gasteiger partial charge in [0.2, 0.25) is 0 Å². The smallest absolute Gasteiger partial charge is 0.0361 e. The van der Waals surface area contributed by atoms with Gasteiger partial charge >= 0.3 is 0 Å². The highest BCUT2D eigenvalue weighted by Gasteiger charge is 2.29. The number of hydrogen-bond donors (Lipinski definition) is 1. The summed E-state index contributed by atoms with van der Waals surface area (Å²) in [5.74, 6) is 1.71. The second kappa shape index (κ2) is 5.05. The largest absolute Gasteiger partial charge is 0.351 e. The van der Waals surface area contributed by atoms with Crippen molar-refractivity contribution in [3.63, 3.8) is 0 Å². The first kappa shape index (κ1) is 11.7. The van der Waals surface area contributed by atoms with Gasteiger partial charge in [-0.25, -0.2) is 0 Å². The van der Waals surface area contributed by atoms with Gasteiger partial charge in [0.05, 0.1) is 0 Å². The Hall–Kier alpha value is -0.760. The Bertz CT molecular complexity index is 329. The van der Waals surface area contributed by atoms with Gasteiger partial charge in [-0.15, -0.1) is 0 Å². The van der Waals surface area contributed by atoms with E-state index < -0.39 is 0 Å². The summed E-state index contributed by atoms with van der Waals surface area (Å²) in [7, 11) is 0. The highest BCUT2D eigenvalue weighted by Crippen LogP contribution is 2.31. The van der Waals surface area contributed by atoms with E-state index in [4.69, 9.17) is 0 Å². The lowest BCUT2D eigenvalue weighted by molar-refractivity contribution is 0.367. The monoisotopic (exact) mass is 220 g/mol. The van der Waals surface area contributed by atoms with Crippen LogP contribution in [0.1, 0.15) is 39.3 Å². The van der Waals surface area contributed by atoms with Crippen LogP contribution in [-0.4, -0.2) is 10.6 Å². The predicted molar refractivity (Wildman–Crippen MR) is 68.3 cm³/mol. The Kier molecular flexibility index (Phi) is 3.70. The molecule has 2 rings (SSSR count). The summed E-state index contributed by atoms with van der Waals surface area (Å²) in [6, 6.07) is 5.08. The molecule has 90 valence electrons. The standard InChI is InChI=1S/C14H24N2/c1-4-16-9-5-6-13(16)10-15-14-8-7-11(2)12(14)3/h5-6,9,11-12,14-15H,4,7-8,10H2,1-3H3. The molecule has 1 aliphatic rings. The van der Waals surface area contributed by atoms with E-state index in [1.54, 1.807) is 0 Å². The van der Waals surface area contributed by atoms with E-state index in [0.717, 1.165) is 31.0 Å². The molecule has 0 aromatic carbocycles. The van der Waals surface area contributed by atoms with E-state index in [0.29, 0.717) is 0 Å². The van der Waals surface area contributed by atoms with Crippen LogP contribution in [0.3, 0.4) is 0 Å². The summed E-state index contributed by atoms with van der Waals surface area (Å²) in [6.07, 6.45) is 4.89. The minimum absolute atomic E-state index is 0.718. The molecule has 0 bridgehead atoms. The molecule has 1 aromatic rings. The van der Waals surface area contributed by atoms with Gasteiger partial charge in [-0.1, -0.05) is 13.8 Å². The molecule has 1 aliphatic carbocycles. The lowest BCUT2D eigenvalue weighted by Gasteiger charge is -2.20. The molecule has 16 heavy (non-hydrogen) atoms. The van der Waals surface area contributed by atoms with E-state index in [2.05, 4.69) is 49.0 Å². The van der Waals surface area contributed by atoms with Gasteiger partial charge in [0.15, 0.2) is 0 Å². The molecule has 2 heteroatoms. The Labute approximate surface area is 99.0 Å². The third kappa shape index (κ3) is 2.32. The first-order chi connectivity index (χ1) is 7.72. The molecule has 0 radical (unpaired) electrons. The maximum absolute atomic E-state index is 3.72. The van der Waals surface area contributed by atoms with Crippen molar-refractivity contribution in [3.05, 3.63) is 24.0 Å². The van der Waals surface area contributed by atoms with Crippen molar-refractivity contribution in [2.75, 3.05) is 0 Å². The number of nitrogens with zero attached hydrogens (tertiary/aromatic N) is 1. The van der Waals surface area contributed by atoms with E-state index in [9.17, 15) is 0 Å². The molecule has 1 saturated carbocycles. The second-order valence-electron chi connectivity index (χ2n) is 5.19. The minimum atomic E-state index is 0.718. The zero-order valence-electron chi connectivity index (χ0n) is 10.7. The minimum Gasteiger partial charge on any atom is -0.351 e. The van der Waals surface area contributed by atoms with Crippen LogP contribution in [0.5, 0.6) is 0 Å². The first-order valence-corrected chi connectivity index (χ1v) is 6.59. The highest BCUT2D eigenvalue weighted by atomic mass is 15.0. The fourth-order valence-corrected chi connectivity index (χ4v) is 2.81. The number of aromatic nitrogens is 1. The zero-order valence-corrected chi connectivity index (χ0v) is 10.7. The quantitative estimate of drug-likeness (QED) is 0.825. The summed E-state index contributed by atoms with van der Waals surface area (Å²) in [6.45, 7) is 9.04. The van der Waals surface area contributed by atoms with Crippen molar-refractivity contribution in [2.45, 2.75) is 52.7 Å². The van der Waals surface area contributed by atoms with Crippen LogP contribution in [0.4, 0.5) is 0 Å². The highest BCUT2D eigenvalue weighted by molar-refractivity contribution is 5.07. The molecule has 2 nitrogen and oxygen atoms in total. The third-order valence-corrected chi connectivity index (χ3v) is 4.27. The summed E-state index contributed by atoms with van der Waals surface area (Å²) in [4.78, 5) is 0. The molecule has 0 aliphatic heterocycles. The van der Waals surface area contributed by atoms with Crippen molar-refractivity contribution >= 4 is 0 Å². The third-order valence-electron chi connectivity index (χ3n) is 4.27. The van der Waals surface area contributed by atoms with E-state index >= 15 is 0 Å². The lowest BCUT2D eigenvalue weighted by atomic mass is 9.98. The molecule has 3 unspecified atom stereocenters. The van der Waals surface area contributed by atoms with Gasteiger partial charge in [-0.05, 0) is 43.7 Å². The Morgan fingerprint density at radius 2 is 2.19 bits per heavy atom. The number of aryl methyl sites for hydroxylation is 1. The van der Waals surface area contributed by atoms with Gasteiger partial charge < -0.3 is 9.88 Å². The molecule has 0 saturated heterocycles. The van der Waals surface area contributed by atoms with Gasteiger partial charge in [0.1, 0.15) is 0 Å². The van der Waals surface area contributed by atoms with Crippen LogP contribution in [0.25, 0.3) is 0 Å². The molecule has 1 fully saturated rings. The number of nitrogens with one attached hydrogen (secondary N) is 1. The second-order valence-corrected chi connectivity index (χ2v) is 5.19. The van der Waals surface area contributed by atoms with Crippen LogP contribution < -0.4 is 5.32 Å². The lowest BCUT2D eigenvalue weighted by Crippen LogP contribution is -2.32. The van der Waals surface area contributed by atoms with Gasteiger partial charge in [0, 0.05) is 31.0 Å². The fourth-order valence-electron chi connectivity index (χ4n) is 2.81. The topological polar surface area (TPSA) is 17.0 Å². The Balaban J connectivity index is 1.88. The fraction of sp³-hybridized carbons (Fsp3) is 0.714. The molecule has 0 amide bonds. The van der Waals surface area contributed by atoms with E-state index in [1.165, 1.54) is 18.5 Å². The van der Waals surface area contributed by atoms with Crippen molar-refractivity contribution < 1.29 is 0 Å².